The number of amides is 2. The molecular formula is C13H15BrN2O4. The van der Waals surface area contributed by atoms with Crippen molar-refractivity contribution in [1.29, 1.82) is 0 Å². The highest BCUT2D eigenvalue weighted by atomic mass is 79.9. The van der Waals surface area contributed by atoms with Crippen molar-refractivity contribution in [2.45, 2.75) is 12.5 Å². The lowest BCUT2D eigenvalue weighted by Crippen LogP contribution is -2.34. The number of ether oxygens (including phenoxy) is 1. The van der Waals surface area contributed by atoms with Crippen LogP contribution < -0.4 is 5.32 Å². The first kappa shape index (κ1) is 14.8. The lowest BCUT2D eigenvalue weighted by molar-refractivity contribution is 0.0697. The summed E-state index contributed by atoms with van der Waals surface area (Å²) in [5, 5.41) is 11.7. The van der Waals surface area contributed by atoms with Crippen LogP contribution in [0, 0.1) is 0 Å². The maximum atomic E-state index is 12.1. The quantitative estimate of drug-likeness (QED) is 0.883. The van der Waals surface area contributed by atoms with Crippen molar-refractivity contribution in [2.75, 3.05) is 25.5 Å². The number of urea groups is 1. The SMILES string of the molecule is COC1CCN(C(=O)Nc2cc(C(=O)O)ccc2Br)C1. The van der Waals surface area contributed by atoms with E-state index in [0.717, 1.165) is 6.42 Å². The molecule has 0 spiro atoms. The van der Waals surface area contributed by atoms with Gasteiger partial charge in [-0.05, 0) is 40.5 Å². The molecule has 20 heavy (non-hydrogen) atoms. The molecule has 2 rings (SSSR count). The Labute approximate surface area is 124 Å². The van der Waals surface area contributed by atoms with Gasteiger partial charge >= 0.3 is 12.0 Å². The molecule has 1 saturated heterocycles. The van der Waals surface area contributed by atoms with Crippen molar-refractivity contribution in [1.82, 2.24) is 4.90 Å². The predicted octanol–water partition coefficient (Wildman–Crippen LogP) is 2.40. The first-order valence-corrected chi connectivity index (χ1v) is 6.92. The second-order valence-electron chi connectivity index (χ2n) is 4.52. The Morgan fingerprint density at radius 3 is 2.85 bits per heavy atom. The van der Waals surface area contributed by atoms with Crippen LogP contribution in [-0.2, 0) is 4.74 Å². The molecule has 1 heterocycles. The third-order valence-electron chi connectivity index (χ3n) is 3.22. The molecule has 1 aromatic rings. The molecular weight excluding hydrogens is 328 g/mol. The number of rotatable bonds is 3. The Balaban J connectivity index is 2.08. The van der Waals surface area contributed by atoms with Crippen LogP contribution in [0.15, 0.2) is 22.7 Å². The van der Waals surface area contributed by atoms with E-state index in [9.17, 15) is 9.59 Å². The molecule has 0 saturated carbocycles. The summed E-state index contributed by atoms with van der Waals surface area (Å²) in [5.74, 6) is -1.03. The molecule has 1 aliphatic rings. The first-order valence-electron chi connectivity index (χ1n) is 6.13. The van der Waals surface area contributed by atoms with Crippen molar-refractivity contribution < 1.29 is 19.4 Å². The van der Waals surface area contributed by atoms with Crippen LogP contribution in [-0.4, -0.2) is 48.3 Å². The fraction of sp³-hybridized carbons (Fsp3) is 0.385. The average molecular weight is 343 g/mol. The van der Waals surface area contributed by atoms with Crippen LogP contribution >= 0.6 is 15.9 Å². The van der Waals surface area contributed by atoms with E-state index >= 15 is 0 Å². The van der Waals surface area contributed by atoms with E-state index < -0.39 is 5.97 Å². The molecule has 0 aromatic heterocycles. The van der Waals surface area contributed by atoms with Crippen LogP contribution in [0.1, 0.15) is 16.8 Å². The number of carbonyl (C=O) groups excluding carboxylic acids is 1. The van der Waals surface area contributed by atoms with Gasteiger partial charge in [-0.3, -0.25) is 0 Å². The van der Waals surface area contributed by atoms with Crippen LogP contribution in [0.3, 0.4) is 0 Å². The van der Waals surface area contributed by atoms with Crippen molar-refractivity contribution >= 4 is 33.6 Å². The number of halogens is 1. The van der Waals surface area contributed by atoms with Crippen LogP contribution in [0.5, 0.6) is 0 Å². The molecule has 1 aromatic carbocycles. The van der Waals surface area contributed by atoms with Gasteiger partial charge in [0.1, 0.15) is 0 Å². The van der Waals surface area contributed by atoms with E-state index in [0.29, 0.717) is 23.2 Å². The van der Waals surface area contributed by atoms with Crippen LogP contribution in [0.25, 0.3) is 0 Å². The van der Waals surface area contributed by atoms with Gasteiger partial charge in [-0.2, -0.15) is 0 Å². The maximum Gasteiger partial charge on any atom is 0.335 e. The average Bonchev–Trinajstić information content (AvgIpc) is 2.89. The summed E-state index contributed by atoms with van der Waals surface area (Å²) in [6, 6.07) is 4.24. The van der Waals surface area contributed by atoms with E-state index in [4.69, 9.17) is 9.84 Å². The molecule has 1 atom stereocenters. The highest BCUT2D eigenvalue weighted by molar-refractivity contribution is 9.10. The van der Waals surface area contributed by atoms with Crippen molar-refractivity contribution in [3.63, 3.8) is 0 Å². The smallest absolute Gasteiger partial charge is 0.335 e. The normalized spacial score (nSPS) is 18.1. The number of carboxylic acid groups (broad SMARTS) is 1. The summed E-state index contributed by atoms with van der Waals surface area (Å²) in [6.45, 7) is 1.17. The van der Waals surface area contributed by atoms with E-state index in [2.05, 4.69) is 21.2 Å². The zero-order valence-electron chi connectivity index (χ0n) is 10.9. The maximum absolute atomic E-state index is 12.1. The van der Waals surface area contributed by atoms with Gasteiger partial charge in [0.25, 0.3) is 0 Å². The number of methoxy groups -OCH3 is 1. The van der Waals surface area contributed by atoms with Crippen molar-refractivity contribution in [2.24, 2.45) is 0 Å². The summed E-state index contributed by atoms with van der Waals surface area (Å²) >= 11 is 3.29. The Bertz CT molecular complexity index is 535. The third kappa shape index (κ3) is 3.29. The molecule has 1 fully saturated rings. The molecule has 0 bridgehead atoms. The van der Waals surface area contributed by atoms with E-state index in [1.54, 1.807) is 18.1 Å². The largest absolute Gasteiger partial charge is 0.478 e. The predicted molar refractivity (Wildman–Crippen MR) is 77.1 cm³/mol. The summed E-state index contributed by atoms with van der Waals surface area (Å²) in [6.07, 6.45) is 0.870. The number of likely N-dealkylation sites (tertiary alicyclic amines) is 1. The summed E-state index contributed by atoms with van der Waals surface area (Å²) in [7, 11) is 1.62. The monoisotopic (exact) mass is 342 g/mol. The summed E-state index contributed by atoms with van der Waals surface area (Å²) < 4.78 is 5.84. The fourth-order valence-electron chi connectivity index (χ4n) is 2.05. The zero-order valence-corrected chi connectivity index (χ0v) is 12.5. The van der Waals surface area contributed by atoms with Crippen molar-refractivity contribution in [3.8, 4) is 0 Å². The first-order chi connectivity index (χ1) is 9.51. The molecule has 7 heteroatoms. The van der Waals surface area contributed by atoms with Gasteiger partial charge in [0, 0.05) is 24.7 Å². The number of carbonyl (C=O) groups is 2. The van der Waals surface area contributed by atoms with Gasteiger partial charge in [-0.1, -0.05) is 0 Å². The number of benzene rings is 1. The van der Waals surface area contributed by atoms with Gasteiger partial charge in [0.15, 0.2) is 0 Å². The minimum atomic E-state index is -1.03. The molecule has 2 amide bonds. The molecule has 6 nitrogen and oxygen atoms in total. The molecule has 2 N–H and O–H groups in total. The minimum Gasteiger partial charge on any atom is -0.478 e. The number of nitrogens with one attached hydrogen (secondary N) is 1. The summed E-state index contributed by atoms with van der Waals surface area (Å²) in [5.41, 5.74) is 0.565. The molecule has 0 aliphatic carbocycles. The number of nitrogens with zero attached hydrogens (tertiary/aromatic N) is 1. The number of hydrogen-bond acceptors (Lipinski definition) is 3. The second-order valence-corrected chi connectivity index (χ2v) is 5.38. The van der Waals surface area contributed by atoms with Gasteiger partial charge in [0.2, 0.25) is 0 Å². The van der Waals surface area contributed by atoms with E-state index in [1.807, 2.05) is 0 Å². The molecule has 0 radical (unpaired) electrons. The van der Waals surface area contributed by atoms with E-state index in [1.165, 1.54) is 12.1 Å². The standard InChI is InChI=1S/C13H15BrN2O4/c1-20-9-4-5-16(7-9)13(19)15-11-6-8(12(17)18)2-3-10(11)14/h2-3,6,9H,4-5,7H2,1H3,(H,15,19)(H,17,18). The number of aromatic carboxylic acids is 1. The van der Waals surface area contributed by atoms with Gasteiger partial charge in [-0.15, -0.1) is 0 Å². The molecule has 108 valence electrons. The van der Waals surface area contributed by atoms with Crippen molar-refractivity contribution in [3.05, 3.63) is 28.2 Å². The minimum absolute atomic E-state index is 0.0644. The van der Waals surface area contributed by atoms with Crippen LogP contribution in [0.4, 0.5) is 10.5 Å². The number of hydrogen-bond donors (Lipinski definition) is 2. The highest BCUT2D eigenvalue weighted by Crippen LogP contribution is 2.24. The fourth-order valence-corrected chi connectivity index (χ4v) is 2.40. The van der Waals surface area contributed by atoms with Gasteiger partial charge in [-0.25, -0.2) is 9.59 Å². The lowest BCUT2D eigenvalue weighted by atomic mass is 10.2. The highest BCUT2D eigenvalue weighted by Gasteiger charge is 2.26. The van der Waals surface area contributed by atoms with Crippen LogP contribution in [0.2, 0.25) is 0 Å². The Morgan fingerprint density at radius 2 is 2.25 bits per heavy atom. The third-order valence-corrected chi connectivity index (χ3v) is 3.91. The second kappa shape index (κ2) is 6.23. The summed E-state index contributed by atoms with van der Waals surface area (Å²) in [4.78, 5) is 24.7. The Morgan fingerprint density at radius 1 is 1.50 bits per heavy atom. The number of anilines is 1. The van der Waals surface area contributed by atoms with Gasteiger partial charge in [0.05, 0.1) is 17.4 Å². The number of carboxylic acids is 1. The molecule has 1 aliphatic heterocycles. The van der Waals surface area contributed by atoms with Gasteiger partial charge < -0.3 is 20.1 Å². The lowest BCUT2D eigenvalue weighted by Gasteiger charge is -2.17. The van der Waals surface area contributed by atoms with E-state index in [-0.39, 0.29) is 17.7 Å². The topological polar surface area (TPSA) is 78.9 Å². The molecule has 1 unspecified atom stereocenters. The Kier molecular flexibility index (Phi) is 4.61. The zero-order chi connectivity index (χ0) is 14.7. The Hall–Kier alpha value is -1.60.